The summed E-state index contributed by atoms with van der Waals surface area (Å²) < 4.78 is 5.31. The number of piperidine rings is 1. The van der Waals surface area contributed by atoms with Gasteiger partial charge in [0, 0.05) is 32.3 Å². The van der Waals surface area contributed by atoms with Crippen molar-refractivity contribution in [1.29, 1.82) is 0 Å². The van der Waals surface area contributed by atoms with E-state index in [1.54, 1.807) is 19.1 Å². The second kappa shape index (κ2) is 14.3. The van der Waals surface area contributed by atoms with Gasteiger partial charge in [-0.15, -0.1) is 0 Å². The highest BCUT2D eigenvalue weighted by Gasteiger charge is 2.36. The molecule has 0 aromatic carbocycles. The fourth-order valence-corrected chi connectivity index (χ4v) is 5.76. The first-order chi connectivity index (χ1) is 17.4. The Morgan fingerprint density at radius 3 is 2.24 bits per heavy atom. The predicted octanol–water partition coefficient (Wildman–Crippen LogP) is 3.46. The molecule has 2 aliphatic heterocycles. The quantitative estimate of drug-likeness (QED) is 0.422. The van der Waals surface area contributed by atoms with Crippen LogP contribution in [0.1, 0.15) is 80.6 Å². The van der Waals surface area contributed by atoms with Gasteiger partial charge in [0.25, 0.3) is 0 Å². The van der Waals surface area contributed by atoms with Gasteiger partial charge in [-0.2, -0.15) is 0 Å². The van der Waals surface area contributed by atoms with E-state index in [0.29, 0.717) is 12.2 Å². The second-order valence-electron chi connectivity index (χ2n) is 11.9. The molecule has 0 aromatic heterocycles. The zero-order valence-electron chi connectivity index (χ0n) is 24.8. The van der Waals surface area contributed by atoms with Crippen LogP contribution in [0, 0.1) is 11.8 Å². The molecule has 0 aromatic rings. The first kappa shape index (κ1) is 31.3. The van der Waals surface area contributed by atoms with Crippen LogP contribution in [0.3, 0.4) is 0 Å². The zero-order valence-corrected chi connectivity index (χ0v) is 24.8. The molecule has 0 aliphatic carbocycles. The van der Waals surface area contributed by atoms with E-state index >= 15 is 0 Å². The Kier molecular flexibility index (Phi) is 12.1. The molecule has 2 aliphatic rings. The molecule has 37 heavy (non-hydrogen) atoms. The largest absolute Gasteiger partial charge is 0.383 e. The third kappa shape index (κ3) is 8.03. The summed E-state index contributed by atoms with van der Waals surface area (Å²) in [6, 6.07) is -0.705. The maximum Gasteiger partial charge on any atom is 0.249 e. The second-order valence-corrected chi connectivity index (χ2v) is 11.9. The van der Waals surface area contributed by atoms with Crippen LogP contribution in [0.2, 0.25) is 0 Å². The number of nitrogens with zero attached hydrogens (tertiary/aromatic N) is 3. The molecular weight excluding hydrogens is 468 g/mol. The maximum absolute atomic E-state index is 13.8. The molecule has 2 fully saturated rings. The summed E-state index contributed by atoms with van der Waals surface area (Å²) >= 11 is 0. The van der Waals surface area contributed by atoms with Gasteiger partial charge in [0.05, 0.1) is 24.7 Å². The van der Waals surface area contributed by atoms with Crippen molar-refractivity contribution in [2.24, 2.45) is 11.8 Å². The number of methoxy groups -OCH3 is 1. The van der Waals surface area contributed by atoms with E-state index in [9.17, 15) is 14.4 Å². The average Bonchev–Trinajstić information content (AvgIpc) is 3.32. The van der Waals surface area contributed by atoms with E-state index in [0.717, 1.165) is 45.2 Å². The Morgan fingerprint density at radius 2 is 1.68 bits per heavy atom. The minimum absolute atomic E-state index is 0.00540. The summed E-state index contributed by atoms with van der Waals surface area (Å²) in [6.45, 7) is 16.3. The lowest BCUT2D eigenvalue weighted by Gasteiger charge is -2.39. The zero-order chi connectivity index (χ0) is 27.9. The highest BCUT2D eigenvalue weighted by molar-refractivity contribution is 5.94. The van der Waals surface area contributed by atoms with Crippen molar-refractivity contribution < 1.29 is 19.1 Å². The summed E-state index contributed by atoms with van der Waals surface area (Å²) in [6.07, 6.45) is 6.79. The number of hydrogen-bond acceptors (Lipinski definition) is 5. The van der Waals surface area contributed by atoms with E-state index in [-0.39, 0.29) is 53.7 Å². The smallest absolute Gasteiger partial charge is 0.249 e. The van der Waals surface area contributed by atoms with Crippen LogP contribution in [-0.2, 0) is 19.1 Å². The van der Waals surface area contributed by atoms with Gasteiger partial charge in [0.15, 0.2) is 0 Å². The first-order valence-electron chi connectivity index (χ1n) is 14.2. The fraction of sp³-hybridized carbons (Fsp3) is 0.828. The number of carbonyl (C=O) groups is 3. The normalized spacial score (nSPS) is 23.0. The number of carbonyl (C=O) groups excluding carboxylic acids is 3. The Bertz CT molecular complexity index is 810. The lowest BCUT2D eigenvalue weighted by Crippen LogP contribution is -2.58. The van der Waals surface area contributed by atoms with Gasteiger partial charge < -0.3 is 19.9 Å². The number of nitrogens with one attached hydrogen (secondary N) is 1. The molecule has 8 heteroatoms. The molecule has 212 valence electrons. The Morgan fingerprint density at radius 1 is 1.00 bits per heavy atom. The van der Waals surface area contributed by atoms with E-state index in [4.69, 9.17) is 4.74 Å². The van der Waals surface area contributed by atoms with Crippen molar-refractivity contribution in [3.63, 3.8) is 0 Å². The predicted molar refractivity (Wildman–Crippen MR) is 148 cm³/mol. The summed E-state index contributed by atoms with van der Waals surface area (Å²) in [5.74, 6) is -0.137. The molecule has 0 spiro atoms. The van der Waals surface area contributed by atoms with Gasteiger partial charge in [-0.1, -0.05) is 40.2 Å². The van der Waals surface area contributed by atoms with E-state index in [1.807, 2.05) is 31.7 Å². The summed E-state index contributed by atoms with van der Waals surface area (Å²) in [7, 11) is 3.45. The molecule has 2 rings (SSSR count). The Hall–Kier alpha value is -1.93. The lowest BCUT2D eigenvalue weighted by atomic mass is 9.95. The molecule has 2 heterocycles. The number of amides is 3. The Balaban J connectivity index is 2.19. The molecule has 2 saturated heterocycles. The van der Waals surface area contributed by atoms with E-state index in [1.165, 1.54) is 0 Å². The van der Waals surface area contributed by atoms with Crippen LogP contribution in [0.25, 0.3) is 0 Å². The van der Waals surface area contributed by atoms with Crippen molar-refractivity contribution in [2.75, 3.05) is 33.9 Å². The molecule has 3 amide bonds. The van der Waals surface area contributed by atoms with Crippen molar-refractivity contribution in [1.82, 2.24) is 20.0 Å². The molecule has 1 N–H and O–H groups in total. The van der Waals surface area contributed by atoms with Crippen LogP contribution in [-0.4, -0.2) is 96.5 Å². The summed E-state index contributed by atoms with van der Waals surface area (Å²) in [5.41, 5.74) is 0.640. The number of ether oxygens (including phenoxy) is 1. The van der Waals surface area contributed by atoms with Crippen molar-refractivity contribution >= 4 is 17.7 Å². The van der Waals surface area contributed by atoms with Gasteiger partial charge in [-0.05, 0) is 64.8 Å². The summed E-state index contributed by atoms with van der Waals surface area (Å²) in [5, 5.41) is 3.10. The Labute approximate surface area is 225 Å². The number of hydrogen-bond donors (Lipinski definition) is 1. The van der Waals surface area contributed by atoms with Gasteiger partial charge in [-0.25, -0.2) is 0 Å². The van der Waals surface area contributed by atoms with Crippen LogP contribution in [0.15, 0.2) is 11.6 Å². The molecule has 0 radical (unpaired) electrons. The van der Waals surface area contributed by atoms with E-state index < -0.39 is 6.04 Å². The average molecular weight is 521 g/mol. The number of likely N-dealkylation sites (tertiary alicyclic amines) is 2. The standard InChI is InChI=1S/C29H52N4O4/c1-19(2)25(17-22(7)28(35)33-16-12-13-23(33)18-37-9)31(8)29(36)26(20(3)4)30-27(34)24-14-10-11-15-32(24)21(5)6/h17,19-21,23-26H,10-16,18H2,1-9H3,(H,30,34)/b22-17+/t23-,24+,25+,26-/m0/s1. The minimum atomic E-state index is -0.622. The fourth-order valence-electron chi connectivity index (χ4n) is 5.76. The van der Waals surface area contributed by atoms with Gasteiger partial charge in [0.2, 0.25) is 17.7 Å². The van der Waals surface area contributed by atoms with E-state index in [2.05, 4.69) is 37.9 Å². The highest BCUT2D eigenvalue weighted by atomic mass is 16.5. The molecule has 4 atom stereocenters. The topological polar surface area (TPSA) is 82.2 Å². The number of likely N-dealkylation sites (N-methyl/N-ethyl adjacent to an activating group) is 1. The third-order valence-corrected chi connectivity index (χ3v) is 7.97. The third-order valence-electron chi connectivity index (χ3n) is 7.97. The van der Waals surface area contributed by atoms with Crippen molar-refractivity contribution in [3.05, 3.63) is 11.6 Å². The molecule has 0 bridgehead atoms. The summed E-state index contributed by atoms with van der Waals surface area (Å²) in [4.78, 5) is 46.2. The van der Waals surface area contributed by atoms with Crippen LogP contribution in [0.5, 0.6) is 0 Å². The van der Waals surface area contributed by atoms with Crippen molar-refractivity contribution in [2.45, 2.75) is 111 Å². The van der Waals surface area contributed by atoms with Crippen molar-refractivity contribution in [3.8, 4) is 0 Å². The molecule has 0 unspecified atom stereocenters. The lowest BCUT2D eigenvalue weighted by molar-refractivity contribution is -0.140. The van der Waals surface area contributed by atoms with Crippen LogP contribution >= 0.6 is 0 Å². The van der Waals surface area contributed by atoms with Gasteiger partial charge >= 0.3 is 0 Å². The molecule has 0 saturated carbocycles. The maximum atomic E-state index is 13.8. The monoisotopic (exact) mass is 520 g/mol. The number of rotatable bonds is 11. The molecule has 8 nitrogen and oxygen atoms in total. The minimum Gasteiger partial charge on any atom is -0.383 e. The van der Waals surface area contributed by atoms with Crippen LogP contribution in [0.4, 0.5) is 0 Å². The first-order valence-corrected chi connectivity index (χ1v) is 14.2. The SMILES string of the molecule is COC[C@@H]1CCCN1C(=O)/C(C)=C/[C@H](C(C)C)N(C)C(=O)[C@@H](NC(=O)[C@H]1CCCCN1C(C)C)C(C)C. The van der Waals surface area contributed by atoms with Gasteiger partial charge in [0.1, 0.15) is 6.04 Å². The van der Waals surface area contributed by atoms with Gasteiger partial charge in [-0.3, -0.25) is 19.3 Å². The van der Waals surface area contributed by atoms with Crippen LogP contribution < -0.4 is 5.32 Å². The molecular formula is C29H52N4O4. The highest BCUT2D eigenvalue weighted by Crippen LogP contribution is 2.23.